The molecule has 0 spiro atoms. The molecular formula is C16H20N2O4. The number of hydrogen-bond acceptors (Lipinski definition) is 5. The largest absolute Gasteiger partial charge is 0.496 e. The predicted octanol–water partition coefficient (Wildman–Crippen LogP) is 2.70. The Balaban J connectivity index is 2.15. The van der Waals surface area contributed by atoms with Crippen molar-refractivity contribution in [3.63, 3.8) is 0 Å². The Kier molecular flexibility index (Phi) is 5.16. The van der Waals surface area contributed by atoms with Crippen molar-refractivity contribution in [2.45, 2.75) is 26.4 Å². The number of aliphatic hydroxyl groups is 1. The van der Waals surface area contributed by atoms with Crippen LogP contribution in [0.1, 0.15) is 20.3 Å². The van der Waals surface area contributed by atoms with Gasteiger partial charge in [0, 0.05) is 11.8 Å². The lowest BCUT2D eigenvalue weighted by atomic mass is 10.1. The van der Waals surface area contributed by atoms with Gasteiger partial charge >= 0.3 is 0 Å². The minimum Gasteiger partial charge on any atom is -0.496 e. The number of oxazole rings is 1. The summed E-state index contributed by atoms with van der Waals surface area (Å²) in [5, 5.41) is 12.5. The minimum absolute atomic E-state index is 0.240. The van der Waals surface area contributed by atoms with Gasteiger partial charge in [0.2, 0.25) is 0 Å². The first-order valence-corrected chi connectivity index (χ1v) is 7.07. The summed E-state index contributed by atoms with van der Waals surface area (Å²) < 4.78 is 10.6. The summed E-state index contributed by atoms with van der Waals surface area (Å²) in [5.74, 6) is 0.940. The van der Waals surface area contributed by atoms with E-state index >= 15 is 0 Å². The number of ether oxygens (including phenoxy) is 1. The summed E-state index contributed by atoms with van der Waals surface area (Å²) in [5.41, 5.74) is 1.29. The molecule has 0 aliphatic rings. The summed E-state index contributed by atoms with van der Waals surface area (Å²) in [7, 11) is 1.54. The second-order valence-electron chi connectivity index (χ2n) is 5.42. The van der Waals surface area contributed by atoms with E-state index in [0.29, 0.717) is 23.6 Å². The van der Waals surface area contributed by atoms with Crippen molar-refractivity contribution in [1.82, 2.24) is 4.98 Å². The number of hydrogen-bond donors (Lipinski definition) is 2. The Bertz CT molecular complexity index is 623. The van der Waals surface area contributed by atoms with Crippen LogP contribution >= 0.6 is 0 Å². The van der Waals surface area contributed by atoms with Crippen molar-refractivity contribution < 1.29 is 19.1 Å². The van der Waals surface area contributed by atoms with Crippen LogP contribution in [0.5, 0.6) is 5.75 Å². The lowest BCUT2D eigenvalue weighted by Crippen LogP contribution is -2.28. The number of benzene rings is 1. The fraction of sp³-hybridized carbons (Fsp3) is 0.375. The highest BCUT2D eigenvalue weighted by atomic mass is 16.5. The number of amides is 1. The summed E-state index contributed by atoms with van der Waals surface area (Å²) >= 11 is 0. The molecule has 1 aromatic carbocycles. The number of nitrogens with zero attached hydrogens (tertiary/aromatic N) is 1. The number of aliphatic hydroxyl groups excluding tert-OH is 1. The van der Waals surface area contributed by atoms with E-state index in [2.05, 4.69) is 10.3 Å². The van der Waals surface area contributed by atoms with Crippen LogP contribution in [0.25, 0.3) is 11.3 Å². The third-order valence-corrected chi connectivity index (χ3v) is 3.16. The smallest absolute Gasteiger partial charge is 0.253 e. The molecule has 2 N–H and O–H groups in total. The van der Waals surface area contributed by atoms with Crippen LogP contribution in [0.15, 0.2) is 35.2 Å². The van der Waals surface area contributed by atoms with Gasteiger partial charge in [0.1, 0.15) is 11.9 Å². The van der Waals surface area contributed by atoms with E-state index < -0.39 is 12.0 Å². The number of carbonyl (C=O) groups excluding carboxylic acids is 1. The molecule has 0 fully saturated rings. The van der Waals surface area contributed by atoms with Gasteiger partial charge < -0.3 is 19.6 Å². The topological polar surface area (TPSA) is 84.6 Å². The molecule has 2 aromatic rings. The summed E-state index contributed by atoms with van der Waals surface area (Å²) in [6.45, 7) is 3.90. The Morgan fingerprint density at radius 2 is 2.23 bits per heavy atom. The lowest BCUT2D eigenvalue weighted by molar-refractivity contribution is -0.124. The molecule has 6 heteroatoms. The van der Waals surface area contributed by atoms with Crippen LogP contribution in [0.4, 0.5) is 5.69 Å². The molecule has 0 aliphatic carbocycles. The zero-order chi connectivity index (χ0) is 16.1. The van der Waals surface area contributed by atoms with Crippen molar-refractivity contribution in [3.05, 3.63) is 30.8 Å². The van der Waals surface area contributed by atoms with Crippen LogP contribution < -0.4 is 10.1 Å². The maximum absolute atomic E-state index is 11.9. The Hall–Kier alpha value is -2.34. The fourth-order valence-electron chi connectivity index (χ4n) is 2.10. The van der Waals surface area contributed by atoms with Crippen molar-refractivity contribution >= 4 is 11.6 Å². The number of aromatic nitrogens is 1. The molecule has 2 rings (SSSR count). The van der Waals surface area contributed by atoms with Crippen LogP contribution in [-0.2, 0) is 4.79 Å². The molecule has 1 amide bonds. The molecule has 1 aromatic heterocycles. The second kappa shape index (κ2) is 7.09. The molecule has 1 heterocycles. The lowest BCUT2D eigenvalue weighted by Gasteiger charge is -2.14. The summed E-state index contributed by atoms with van der Waals surface area (Å²) in [4.78, 5) is 15.8. The molecule has 0 saturated heterocycles. The predicted molar refractivity (Wildman–Crippen MR) is 82.6 cm³/mol. The van der Waals surface area contributed by atoms with Crippen molar-refractivity contribution in [2.24, 2.45) is 5.92 Å². The monoisotopic (exact) mass is 304 g/mol. The van der Waals surface area contributed by atoms with E-state index in [4.69, 9.17) is 9.15 Å². The van der Waals surface area contributed by atoms with Crippen LogP contribution in [0, 0.1) is 5.92 Å². The first kappa shape index (κ1) is 16.0. The normalized spacial score (nSPS) is 12.2. The first-order valence-electron chi connectivity index (χ1n) is 7.07. The number of carbonyl (C=O) groups is 1. The van der Waals surface area contributed by atoms with Gasteiger partial charge in [-0.2, -0.15) is 0 Å². The molecule has 0 radical (unpaired) electrons. The first-order chi connectivity index (χ1) is 10.5. The fourth-order valence-corrected chi connectivity index (χ4v) is 2.10. The Morgan fingerprint density at radius 3 is 2.82 bits per heavy atom. The van der Waals surface area contributed by atoms with Gasteiger partial charge in [-0.1, -0.05) is 13.8 Å². The second-order valence-corrected chi connectivity index (χ2v) is 5.42. The summed E-state index contributed by atoms with van der Waals surface area (Å²) in [6, 6.07) is 5.17. The molecule has 1 unspecified atom stereocenters. The van der Waals surface area contributed by atoms with E-state index in [-0.39, 0.29) is 5.92 Å². The standard InChI is InChI=1S/C16H20N2O4/c1-10(2)6-13(19)16(20)18-11-4-5-12(14(7-11)21-3)15-8-17-9-22-15/h4-5,7-10,13,19H,6H2,1-3H3,(H,18,20). The molecule has 0 bridgehead atoms. The number of anilines is 1. The highest BCUT2D eigenvalue weighted by Gasteiger charge is 2.17. The van der Waals surface area contributed by atoms with Crippen LogP contribution in [-0.4, -0.2) is 29.2 Å². The number of rotatable bonds is 6. The SMILES string of the molecule is COc1cc(NC(=O)C(O)CC(C)C)ccc1-c1cnco1. The molecule has 6 nitrogen and oxygen atoms in total. The maximum Gasteiger partial charge on any atom is 0.253 e. The Morgan fingerprint density at radius 1 is 1.45 bits per heavy atom. The van der Waals surface area contributed by atoms with Gasteiger partial charge in [-0.05, 0) is 24.5 Å². The molecule has 1 atom stereocenters. The van der Waals surface area contributed by atoms with Gasteiger partial charge in [-0.25, -0.2) is 4.98 Å². The molecule has 0 aliphatic heterocycles. The maximum atomic E-state index is 11.9. The van der Waals surface area contributed by atoms with Gasteiger partial charge in [0.15, 0.2) is 12.2 Å². The third kappa shape index (κ3) is 3.85. The van der Waals surface area contributed by atoms with E-state index in [1.807, 2.05) is 13.8 Å². The average Bonchev–Trinajstić information content (AvgIpc) is 3.00. The van der Waals surface area contributed by atoms with E-state index in [1.165, 1.54) is 13.5 Å². The van der Waals surface area contributed by atoms with Crippen LogP contribution in [0.3, 0.4) is 0 Å². The van der Waals surface area contributed by atoms with E-state index in [0.717, 1.165) is 5.56 Å². The van der Waals surface area contributed by atoms with Crippen LogP contribution in [0.2, 0.25) is 0 Å². The van der Waals surface area contributed by atoms with Crippen molar-refractivity contribution in [1.29, 1.82) is 0 Å². The average molecular weight is 304 g/mol. The van der Waals surface area contributed by atoms with Crippen molar-refractivity contribution in [2.75, 3.05) is 12.4 Å². The molecular weight excluding hydrogens is 284 g/mol. The van der Waals surface area contributed by atoms with Gasteiger partial charge in [0.25, 0.3) is 5.91 Å². The molecule has 22 heavy (non-hydrogen) atoms. The number of methoxy groups -OCH3 is 1. The molecule has 118 valence electrons. The highest BCUT2D eigenvalue weighted by Crippen LogP contribution is 2.32. The van der Waals surface area contributed by atoms with Gasteiger partial charge in [-0.15, -0.1) is 0 Å². The van der Waals surface area contributed by atoms with Gasteiger partial charge in [-0.3, -0.25) is 4.79 Å². The Labute approximate surface area is 129 Å². The highest BCUT2D eigenvalue weighted by molar-refractivity contribution is 5.94. The van der Waals surface area contributed by atoms with Gasteiger partial charge in [0.05, 0.1) is 18.9 Å². The molecule has 0 saturated carbocycles. The zero-order valence-corrected chi connectivity index (χ0v) is 12.9. The third-order valence-electron chi connectivity index (χ3n) is 3.16. The van der Waals surface area contributed by atoms with Crippen molar-refractivity contribution in [3.8, 4) is 17.1 Å². The zero-order valence-electron chi connectivity index (χ0n) is 12.9. The minimum atomic E-state index is -1.03. The summed E-state index contributed by atoms with van der Waals surface area (Å²) in [6.07, 6.45) is 2.31. The quantitative estimate of drug-likeness (QED) is 0.857. The van der Waals surface area contributed by atoms with E-state index in [9.17, 15) is 9.90 Å². The number of nitrogens with one attached hydrogen (secondary N) is 1. The van der Waals surface area contributed by atoms with E-state index in [1.54, 1.807) is 24.4 Å².